The number of aliphatic hydroxyl groups is 2. The molecule has 0 aliphatic rings. The molecule has 6 heteroatoms. The number of aromatic nitrogens is 2. The van der Waals surface area contributed by atoms with Crippen LogP contribution in [0.3, 0.4) is 0 Å². The van der Waals surface area contributed by atoms with Crippen molar-refractivity contribution >= 4 is 11.6 Å². The van der Waals surface area contributed by atoms with E-state index in [0.717, 1.165) is 0 Å². The third-order valence-electron chi connectivity index (χ3n) is 2.47. The molecule has 0 amide bonds. The minimum Gasteiger partial charge on any atom is -0.395 e. The predicted molar refractivity (Wildman–Crippen MR) is 71.5 cm³/mol. The van der Waals surface area contributed by atoms with Crippen LogP contribution in [-0.2, 0) is 5.41 Å². The van der Waals surface area contributed by atoms with Gasteiger partial charge in [-0.3, -0.25) is 0 Å². The van der Waals surface area contributed by atoms with E-state index in [2.05, 4.69) is 9.97 Å². The lowest BCUT2D eigenvalue weighted by atomic mass is 9.96. The van der Waals surface area contributed by atoms with E-state index in [9.17, 15) is 0 Å². The maximum atomic E-state index is 9.03. The Hall–Kier alpha value is -1.40. The van der Waals surface area contributed by atoms with E-state index in [1.807, 2.05) is 20.8 Å². The molecule has 0 fully saturated rings. The summed E-state index contributed by atoms with van der Waals surface area (Å²) in [7, 11) is 0. The lowest BCUT2D eigenvalue weighted by Crippen LogP contribution is -2.31. The number of nitrogen functional groups attached to an aromatic ring is 1. The fraction of sp³-hybridized carbons (Fsp3) is 0.667. The fourth-order valence-corrected chi connectivity index (χ4v) is 1.53. The first-order chi connectivity index (χ1) is 8.38. The molecule has 0 aromatic carbocycles. The van der Waals surface area contributed by atoms with E-state index in [1.54, 1.807) is 11.0 Å². The Bertz CT molecular complexity index is 384. The number of aliphatic hydroxyl groups excluding tert-OH is 2. The Balaban J connectivity index is 3.10. The Morgan fingerprint density at radius 3 is 2.17 bits per heavy atom. The molecule has 0 aliphatic carbocycles. The van der Waals surface area contributed by atoms with Crippen LogP contribution in [0.2, 0.25) is 0 Å². The average Bonchev–Trinajstić information content (AvgIpc) is 2.27. The molecule has 18 heavy (non-hydrogen) atoms. The molecular formula is C12H22N4O2. The average molecular weight is 254 g/mol. The van der Waals surface area contributed by atoms with Gasteiger partial charge in [0.15, 0.2) is 0 Å². The van der Waals surface area contributed by atoms with Gasteiger partial charge in [0.1, 0.15) is 17.5 Å². The number of hydrogen-bond donors (Lipinski definition) is 3. The molecular weight excluding hydrogens is 232 g/mol. The molecule has 4 N–H and O–H groups in total. The highest BCUT2D eigenvalue weighted by Gasteiger charge is 2.20. The molecule has 0 spiro atoms. The molecule has 1 heterocycles. The van der Waals surface area contributed by atoms with Crippen molar-refractivity contribution < 1.29 is 10.2 Å². The summed E-state index contributed by atoms with van der Waals surface area (Å²) in [6.07, 6.45) is 0. The maximum Gasteiger partial charge on any atom is 0.138 e. The van der Waals surface area contributed by atoms with Crippen LogP contribution in [0.5, 0.6) is 0 Å². The highest BCUT2D eigenvalue weighted by Crippen LogP contribution is 2.22. The monoisotopic (exact) mass is 254 g/mol. The van der Waals surface area contributed by atoms with Gasteiger partial charge in [-0.15, -0.1) is 0 Å². The van der Waals surface area contributed by atoms with Crippen molar-refractivity contribution in [2.45, 2.75) is 26.2 Å². The highest BCUT2D eigenvalue weighted by molar-refractivity contribution is 5.47. The summed E-state index contributed by atoms with van der Waals surface area (Å²) in [5.74, 6) is 1.68. The number of anilines is 2. The number of nitrogens with zero attached hydrogens (tertiary/aromatic N) is 3. The number of hydrogen-bond acceptors (Lipinski definition) is 6. The summed E-state index contributed by atoms with van der Waals surface area (Å²) in [4.78, 5) is 10.5. The van der Waals surface area contributed by atoms with E-state index in [0.29, 0.717) is 30.5 Å². The fourth-order valence-electron chi connectivity index (χ4n) is 1.53. The molecule has 1 aromatic rings. The van der Waals surface area contributed by atoms with Crippen LogP contribution in [-0.4, -0.2) is 46.5 Å². The molecule has 0 unspecified atom stereocenters. The predicted octanol–water partition coefficient (Wildman–Crippen LogP) is 0.147. The van der Waals surface area contributed by atoms with Crippen LogP contribution in [0.25, 0.3) is 0 Å². The minimum absolute atomic E-state index is 0.00520. The van der Waals surface area contributed by atoms with Crippen LogP contribution in [0.15, 0.2) is 6.07 Å². The Labute approximate surface area is 107 Å². The summed E-state index contributed by atoms with van der Waals surface area (Å²) < 4.78 is 0. The van der Waals surface area contributed by atoms with Gasteiger partial charge in [-0.2, -0.15) is 0 Å². The molecule has 0 radical (unpaired) electrons. The summed E-state index contributed by atoms with van der Waals surface area (Å²) >= 11 is 0. The van der Waals surface area contributed by atoms with Gasteiger partial charge in [-0.05, 0) is 0 Å². The third-order valence-corrected chi connectivity index (χ3v) is 2.47. The van der Waals surface area contributed by atoms with Gasteiger partial charge in [-0.1, -0.05) is 20.8 Å². The molecule has 0 bridgehead atoms. The zero-order valence-electron chi connectivity index (χ0n) is 11.2. The van der Waals surface area contributed by atoms with Crippen LogP contribution in [0.4, 0.5) is 11.6 Å². The third kappa shape index (κ3) is 3.82. The highest BCUT2D eigenvalue weighted by atomic mass is 16.3. The Morgan fingerprint density at radius 1 is 1.17 bits per heavy atom. The number of nitrogens with two attached hydrogens (primary N) is 1. The summed E-state index contributed by atoms with van der Waals surface area (Å²) in [6.45, 7) is 6.82. The molecule has 1 aromatic heterocycles. The standard InChI is InChI=1S/C12H22N4O2/c1-12(2,3)11-14-9(13)8-10(15-11)16(4-6-17)5-7-18/h8,17-18H,4-7H2,1-3H3,(H2,13,14,15). The van der Waals surface area contributed by atoms with E-state index in [4.69, 9.17) is 15.9 Å². The van der Waals surface area contributed by atoms with Crippen molar-refractivity contribution in [1.82, 2.24) is 9.97 Å². The lowest BCUT2D eigenvalue weighted by molar-refractivity contribution is 0.280. The van der Waals surface area contributed by atoms with Gasteiger partial charge in [0.25, 0.3) is 0 Å². The van der Waals surface area contributed by atoms with E-state index in [-0.39, 0.29) is 18.6 Å². The smallest absolute Gasteiger partial charge is 0.138 e. The normalized spacial score (nSPS) is 11.6. The lowest BCUT2D eigenvalue weighted by Gasteiger charge is -2.24. The van der Waals surface area contributed by atoms with Crippen molar-refractivity contribution in [1.29, 1.82) is 0 Å². The van der Waals surface area contributed by atoms with Crippen molar-refractivity contribution in [2.75, 3.05) is 36.9 Å². The van der Waals surface area contributed by atoms with Crippen molar-refractivity contribution in [3.63, 3.8) is 0 Å². The summed E-state index contributed by atoms with van der Waals surface area (Å²) in [5, 5.41) is 18.1. The second-order valence-corrected chi connectivity index (χ2v) is 5.16. The molecule has 6 nitrogen and oxygen atoms in total. The molecule has 0 saturated heterocycles. The summed E-state index contributed by atoms with van der Waals surface area (Å²) in [5.41, 5.74) is 5.58. The first-order valence-electron chi connectivity index (χ1n) is 6.00. The topological polar surface area (TPSA) is 95.5 Å². The Morgan fingerprint density at radius 2 is 1.72 bits per heavy atom. The van der Waals surface area contributed by atoms with Gasteiger partial charge in [-0.25, -0.2) is 9.97 Å². The SMILES string of the molecule is CC(C)(C)c1nc(N)cc(N(CCO)CCO)n1. The van der Waals surface area contributed by atoms with Crippen LogP contribution < -0.4 is 10.6 Å². The van der Waals surface area contributed by atoms with Gasteiger partial charge >= 0.3 is 0 Å². The summed E-state index contributed by atoms with van der Waals surface area (Å²) in [6, 6.07) is 1.65. The zero-order chi connectivity index (χ0) is 13.8. The first kappa shape index (κ1) is 14.7. The van der Waals surface area contributed by atoms with Crippen molar-refractivity contribution in [2.24, 2.45) is 0 Å². The molecule has 102 valence electrons. The van der Waals surface area contributed by atoms with Crippen LogP contribution >= 0.6 is 0 Å². The van der Waals surface area contributed by atoms with Crippen molar-refractivity contribution in [3.8, 4) is 0 Å². The molecule has 0 saturated carbocycles. The van der Waals surface area contributed by atoms with Gasteiger partial charge in [0, 0.05) is 24.6 Å². The van der Waals surface area contributed by atoms with Gasteiger partial charge in [0.05, 0.1) is 13.2 Å². The van der Waals surface area contributed by atoms with Crippen LogP contribution in [0, 0.1) is 0 Å². The first-order valence-corrected chi connectivity index (χ1v) is 6.00. The number of rotatable bonds is 5. The molecule has 0 atom stereocenters. The van der Waals surface area contributed by atoms with E-state index < -0.39 is 0 Å². The molecule has 0 aliphatic heterocycles. The molecule has 1 rings (SSSR count). The second kappa shape index (κ2) is 5.97. The second-order valence-electron chi connectivity index (χ2n) is 5.16. The maximum absolute atomic E-state index is 9.03. The zero-order valence-corrected chi connectivity index (χ0v) is 11.2. The van der Waals surface area contributed by atoms with E-state index >= 15 is 0 Å². The van der Waals surface area contributed by atoms with E-state index in [1.165, 1.54) is 0 Å². The largest absolute Gasteiger partial charge is 0.395 e. The quantitative estimate of drug-likeness (QED) is 0.692. The van der Waals surface area contributed by atoms with Gasteiger partial charge in [0.2, 0.25) is 0 Å². The van der Waals surface area contributed by atoms with Gasteiger partial charge < -0.3 is 20.8 Å². The van der Waals surface area contributed by atoms with Crippen LogP contribution in [0.1, 0.15) is 26.6 Å². The minimum atomic E-state index is -0.200. The Kier molecular flexibility index (Phi) is 4.86. The van der Waals surface area contributed by atoms with Crippen molar-refractivity contribution in [3.05, 3.63) is 11.9 Å².